The molecule has 0 radical (unpaired) electrons. The van der Waals surface area contributed by atoms with Crippen molar-refractivity contribution < 1.29 is 9.53 Å². The SMILES string of the molecule is CC1CN(C(=O)NC(C)c2ccccn2)CC(C)O1. The Labute approximate surface area is 114 Å². The summed E-state index contributed by atoms with van der Waals surface area (Å²) in [6.07, 6.45) is 1.90. The molecule has 0 saturated carbocycles. The highest BCUT2D eigenvalue weighted by molar-refractivity contribution is 5.74. The number of hydrogen-bond donors (Lipinski definition) is 1. The van der Waals surface area contributed by atoms with E-state index in [1.165, 1.54) is 0 Å². The van der Waals surface area contributed by atoms with Gasteiger partial charge in [-0.05, 0) is 32.9 Å². The molecule has 1 fully saturated rings. The molecule has 0 aromatic carbocycles. The van der Waals surface area contributed by atoms with E-state index < -0.39 is 0 Å². The molecule has 2 heterocycles. The minimum absolute atomic E-state index is 0.0554. The quantitative estimate of drug-likeness (QED) is 0.887. The van der Waals surface area contributed by atoms with E-state index in [9.17, 15) is 4.79 Å². The number of rotatable bonds is 2. The second-order valence-corrected chi connectivity index (χ2v) is 5.09. The third-order valence-corrected chi connectivity index (χ3v) is 3.18. The van der Waals surface area contributed by atoms with Crippen LogP contribution in [0.1, 0.15) is 32.5 Å². The van der Waals surface area contributed by atoms with E-state index in [0.717, 1.165) is 5.69 Å². The van der Waals surface area contributed by atoms with Crippen LogP contribution in [0.3, 0.4) is 0 Å². The minimum Gasteiger partial charge on any atom is -0.372 e. The molecular formula is C14H21N3O2. The minimum atomic E-state index is -0.0952. The third kappa shape index (κ3) is 3.67. The van der Waals surface area contributed by atoms with E-state index in [0.29, 0.717) is 13.1 Å². The van der Waals surface area contributed by atoms with Crippen molar-refractivity contribution in [2.45, 2.75) is 39.0 Å². The summed E-state index contributed by atoms with van der Waals surface area (Å²) in [6, 6.07) is 5.55. The number of nitrogens with one attached hydrogen (secondary N) is 1. The molecule has 104 valence electrons. The molecular weight excluding hydrogens is 242 g/mol. The lowest BCUT2D eigenvalue weighted by Crippen LogP contribution is -2.52. The van der Waals surface area contributed by atoms with Crippen LogP contribution >= 0.6 is 0 Å². The van der Waals surface area contributed by atoms with Crippen molar-refractivity contribution in [1.29, 1.82) is 0 Å². The molecule has 3 atom stereocenters. The first-order valence-electron chi connectivity index (χ1n) is 6.68. The van der Waals surface area contributed by atoms with E-state index in [4.69, 9.17) is 4.74 Å². The van der Waals surface area contributed by atoms with Crippen LogP contribution in [-0.4, -0.2) is 41.2 Å². The first-order valence-corrected chi connectivity index (χ1v) is 6.68. The van der Waals surface area contributed by atoms with Gasteiger partial charge in [0.2, 0.25) is 0 Å². The predicted octanol–water partition coefficient (Wildman–Crippen LogP) is 1.96. The molecule has 1 aliphatic rings. The average molecular weight is 263 g/mol. The Bertz CT molecular complexity index is 414. The standard InChI is InChI=1S/C14H21N3O2/c1-10-8-17(9-11(2)19-10)14(18)16-12(3)13-6-4-5-7-15-13/h4-7,10-12H,8-9H2,1-3H3,(H,16,18). The Hall–Kier alpha value is -1.62. The summed E-state index contributed by atoms with van der Waals surface area (Å²) in [5.41, 5.74) is 0.866. The van der Waals surface area contributed by atoms with Gasteiger partial charge in [0, 0.05) is 19.3 Å². The smallest absolute Gasteiger partial charge is 0.318 e. The zero-order valence-corrected chi connectivity index (χ0v) is 11.7. The number of aromatic nitrogens is 1. The first kappa shape index (κ1) is 13.8. The predicted molar refractivity (Wildman–Crippen MR) is 72.8 cm³/mol. The number of pyridine rings is 1. The zero-order chi connectivity index (χ0) is 13.8. The van der Waals surface area contributed by atoms with Gasteiger partial charge in [-0.2, -0.15) is 0 Å². The molecule has 0 aliphatic carbocycles. The lowest BCUT2D eigenvalue weighted by atomic mass is 10.2. The van der Waals surface area contributed by atoms with Crippen LogP contribution in [0.2, 0.25) is 0 Å². The Balaban J connectivity index is 1.93. The molecule has 19 heavy (non-hydrogen) atoms. The van der Waals surface area contributed by atoms with Gasteiger partial charge in [0.1, 0.15) is 0 Å². The van der Waals surface area contributed by atoms with Crippen molar-refractivity contribution in [2.24, 2.45) is 0 Å². The average Bonchev–Trinajstić information content (AvgIpc) is 2.38. The van der Waals surface area contributed by atoms with Crippen molar-refractivity contribution >= 4 is 6.03 Å². The summed E-state index contributed by atoms with van der Waals surface area (Å²) in [5.74, 6) is 0. The molecule has 2 amide bonds. The van der Waals surface area contributed by atoms with Gasteiger partial charge in [-0.1, -0.05) is 6.07 Å². The highest BCUT2D eigenvalue weighted by Gasteiger charge is 2.26. The van der Waals surface area contributed by atoms with Gasteiger partial charge in [-0.3, -0.25) is 4.98 Å². The number of nitrogens with zero attached hydrogens (tertiary/aromatic N) is 2. The summed E-state index contributed by atoms with van der Waals surface area (Å²) in [7, 11) is 0. The topological polar surface area (TPSA) is 54.5 Å². The van der Waals surface area contributed by atoms with Crippen LogP contribution in [0.15, 0.2) is 24.4 Å². The number of carbonyl (C=O) groups is 1. The fourth-order valence-electron chi connectivity index (χ4n) is 2.33. The number of amides is 2. The summed E-state index contributed by atoms with van der Waals surface area (Å²) >= 11 is 0. The van der Waals surface area contributed by atoms with E-state index >= 15 is 0 Å². The highest BCUT2D eigenvalue weighted by Crippen LogP contribution is 2.13. The summed E-state index contributed by atoms with van der Waals surface area (Å²) in [4.78, 5) is 18.3. The molecule has 1 aliphatic heterocycles. The maximum atomic E-state index is 12.2. The van der Waals surface area contributed by atoms with Crippen molar-refractivity contribution in [3.8, 4) is 0 Å². The van der Waals surface area contributed by atoms with Gasteiger partial charge in [0.15, 0.2) is 0 Å². The van der Waals surface area contributed by atoms with Gasteiger partial charge >= 0.3 is 6.03 Å². The lowest BCUT2D eigenvalue weighted by molar-refractivity contribution is -0.0547. The van der Waals surface area contributed by atoms with Crippen molar-refractivity contribution in [1.82, 2.24) is 15.2 Å². The molecule has 2 rings (SSSR count). The van der Waals surface area contributed by atoms with Gasteiger partial charge in [-0.25, -0.2) is 4.79 Å². The second-order valence-electron chi connectivity index (χ2n) is 5.09. The molecule has 0 spiro atoms. The Morgan fingerprint density at radius 1 is 1.42 bits per heavy atom. The van der Waals surface area contributed by atoms with E-state index in [2.05, 4.69) is 10.3 Å². The lowest BCUT2D eigenvalue weighted by Gasteiger charge is -2.35. The fourth-order valence-corrected chi connectivity index (χ4v) is 2.33. The van der Waals surface area contributed by atoms with Gasteiger partial charge in [0.25, 0.3) is 0 Å². The second kappa shape index (κ2) is 6.02. The van der Waals surface area contributed by atoms with Crippen molar-refractivity contribution in [3.05, 3.63) is 30.1 Å². The summed E-state index contributed by atoms with van der Waals surface area (Å²) < 4.78 is 5.62. The fraction of sp³-hybridized carbons (Fsp3) is 0.571. The number of carbonyl (C=O) groups excluding carboxylic acids is 1. The molecule has 1 saturated heterocycles. The number of ether oxygens (including phenoxy) is 1. The third-order valence-electron chi connectivity index (χ3n) is 3.18. The number of morpholine rings is 1. The van der Waals surface area contributed by atoms with Crippen LogP contribution in [0, 0.1) is 0 Å². The van der Waals surface area contributed by atoms with E-state index in [1.807, 2.05) is 39.0 Å². The van der Waals surface area contributed by atoms with Gasteiger partial charge in [0.05, 0.1) is 23.9 Å². The van der Waals surface area contributed by atoms with Gasteiger partial charge in [-0.15, -0.1) is 0 Å². The van der Waals surface area contributed by atoms with Crippen LogP contribution in [0.4, 0.5) is 4.79 Å². The summed E-state index contributed by atoms with van der Waals surface area (Å²) in [5, 5.41) is 2.98. The van der Waals surface area contributed by atoms with E-state index in [1.54, 1.807) is 11.1 Å². The first-order chi connectivity index (χ1) is 9.06. The Kier molecular flexibility index (Phi) is 4.37. The Morgan fingerprint density at radius 2 is 2.11 bits per heavy atom. The zero-order valence-electron chi connectivity index (χ0n) is 11.7. The van der Waals surface area contributed by atoms with Crippen LogP contribution in [0.25, 0.3) is 0 Å². The Morgan fingerprint density at radius 3 is 2.68 bits per heavy atom. The number of hydrogen-bond acceptors (Lipinski definition) is 3. The molecule has 5 nitrogen and oxygen atoms in total. The molecule has 1 aromatic heterocycles. The monoisotopic (exact) mass is 263 g/mol. The van der Waals surface area contributed by atoms with E-state index in [-0.39, 0.29) is 24.3 Å². The van der Waals surface area contributed by atoms with Crippen molar-refractivity contribution in [3.63, 3.8) is 0 Å². The van der Waals surface area contributed by atoms with Crippen LogP contribution < -0.4 is 5.32 Å². The van der Waals surface area contributed by atoms with Crippen LogP contribution in [0.5, 0.6) is 0 Å². The van der Waals surface area contributed by atoms with Gasteiger partial charge < -0.3 is 15.0 Å². The van der Waals surface area contributed by atoms with Crippen molar-refractivity contribution in [2.75, 3.05) is 13.1 Å². The maximum Gasteiger partial charge on any atom is 0.318 e. The molecule has 1 aromatic rings. The normalized spacial score (nSPS) is 24.9. The van der Waals surface area contributed by atoms with Crippen LogP contribution in [-0.2, 0) is 4.74 Å². The maximum absolute atomic E-state index is 12.2. The molecule has 5 heteroatoms. The molecule has 3 unspecified atom stereocenters. The summed E-state index contributed by atoms with van der Waals surface area (Å²) in [6.45, 7) is 7.17. The number of urea groups is 1. The highest BCUT2D eigenvalue weighted by atomic mass is 16.5. The largest absolute Gasteiger partial charge is 0.372 e. The molecule has 1 N–H and O–H groups in total. The molecule has 0 bridgehead atoms.